The van der Waals surface area contributed by atoms with E-state index < -0.39 is 6.04 Å². The van der Waals surface area contributed by atoms with Crippen LogP contribution in [0.4, 0.5) is 4.79 Å². The van der Waals surface area contributed by atoms with E-state index in [-0.39, 0.29) is 30.6 Å². The maximum atomic E-state index is 12.5. The van der Waals surface area contributed by atoms with Crippen LogP contribution in [0.25, 0.3) is 0 Å². The zero-order valence-corrected chi connectivity index (χ0v) is 18.0. The van der Waals surface area contributed by atoms with Crippen molar-refractivity contribution in [3.63, 3.8) is 0 Å². The minimum absolute atomic E-state index is 0. The van der Waals surface area contributed by atoms with Gasteiger partial charge in [-0.05, 0) is 24.0 Å². The quantitative estimate of drug-likeness (QED) is 0.532. The number of hydrogen-bond acceptors (Lipinski definition) is 5. The van der Waals surface area contributed by atoms with E-state index in [1.807, 2.05) is 6.20 Å². The number of halogens is 1. The van der Waals surface area contributed by atoms with Gasteiger partial charge >= 0.3 is 6.03 Å². The highest BCUT2D eigenvalue weighted by Gasteiger charge is 2.34. The molecule has 0 spiro atoms. The molecule has 0 radical (unpaired) electrons. The highest BCUT2D eigenvalue weighted by Crippen LogP contribution is 2.36. The third-order valence-electron chi connectivity index (χ3n) is 4.57. The molecule has 2 aliphatic rings. The van der Waals surface area contributed by atoms with Crippen molar-refractivity contribution in [3.8, 4) is 0 Å². The van der Waals surface area contributed by atoms with Crippen LogP contribution in [0.2, 0.25) is 0 Å². The lowest BCUT2D eigenvalue weighted by Crippen LogP contribution is -2.46. The summed E-state index contributed by atoms with van der Waals surface area (Å²) in [6.45, 7) is 8.14. The first-order chi connectivity index (χ1) is 12.9. The summed E-state index contributed by atoms with van der Waals surface area (Å²) >= 11 is 0. The number of Topliss-reactive ketones (excluding diaryl/α,β-unsaturated/α-hetero) is 1. The Labute approximate surface area is 173 Å². The Kier molecular flexibility index (Phi) is 9.55. The number of urea groups is 1. The summed E-state index contributed by atoms with van der Waals surface area (Å²) in [6, 6.07) is -1.05. The molecule has 0 aromatic heterocycles. The average Bonchev–Trinajstić information content (AvgIpc) is 2.62. The van der Waals surface area contributed by atoms with Gasteiger partial charge in [0, 0.05) is 38.3 Å². The first-order valence-corrected chi connectivity index (χ1v) is 9.68. The number of amides is 2. The molecule has 8 heteroatoms. The number of rotatable bonds is 8. The Morgan fingerprint density at radius 2 is 2.14 bits per heavy atom. The molecule has 0 aromatic rings. The number of fused-ring (bicyclic) bond motifs is 1. The molecule has 0 saturated heterocycles. The normalized spacial score (nSPS) is 18.9. The molecule has 0 saturated carbocycles. The number of allylic oxidation sites excluding steroid dienone is 1. The number of ketones is 1. The van der Waals surface area contributed by atoms with E-state index >= 15 is 0 Å². The molecule has 2 amide bonds. The fraction of sp³-hybridized carbons (Fsp3) is 0.600. The maximum Gasteiger partial charge on any atom is 0.315 e. The first kappa shape index (κ1) is 24.0. The van der Waals surface area contributed by atoms with E-state index in [1.54, 1.807) is 6.08 Å². The van der Waals surface area contributed by atoms with Crippen LogP contribution >= 0.6 is 12.4 Å². The van der Waals surface area contributed by atoms with Gasteiger partial charge < -0.3 is 26.0 Å². The second-order valence-electron chi connectivity index (χ2n) is 7.31. The number of nitrogens with one attached hydrogen (secondary N) is 2. The lowest BCUT2D eigenvalue weighted by Gasteiger charge is -2.36. The van der Waals surface area contributed by atoms with Crippen LogP contribution in [0, 0.1) is 5.92 Å². The lowest BCUT2D eigenvalue weighted by atomic mass is 9.86. The molecular formula is C20H33ClN4O3. The first-order valence-electron chi connectivity index (χ1n) is 9.68. The van der Waals surface area contributed by atoms with Crippen molar-refractivity contribution in [2.45, 2.75) is 46.1 Å². The summed E-state index contributed by atoms with van der Waals surface area (Å²) in [5.74, 6) is 1.13. The monoisotopic (exact) mass is 412 g/mol. The smallest absolute Gasteiger partial charge is 0.315 e. The third kappa shape index (κ3) is 5.75. The summed E-state index contributed by atoms with van der Waals surface area (Å²) < 4.78 is 6.13. The summed E-state index contributed by atoms with van der Waals surface area (Å²) in [4.78, 5) is 26.3. The van der Waals surface area contributed by atoms with Crippen molar-refractivity contribution in [2.75, 3.05) is 26.7 Å². The number of carbonyl (C=O) groups excluding carboxylic acids is 2. The number of ether oxygens (including phenoxy) is 1. The van der Waals surface area contributed by atoms with Gasteiger partial charge in [0.25, 0.3) is 0 Å². The minimum atomic E-state index is -0.669. The SMILES string of the molecule is CCCCOC1=C(CN)N(CC(C)C)C=C2CC(=O)C(NC(=O)NC)C=C21.Cl. The van der Waals surface area contributed by atoms with Gasteiger partial charge in [0.1, 0.15) is 11.8 Å². The van der Waals surface area contributed by atoms with Gasteiger partial charge in [0.15, 0.2) is 5.78 Å². The van der Waals surface area contributed by atoms with Crippen LogP contribution in [0.1, 0.15) is 40.0 Å². The van der Waals surface area contributed by atoms with Gasteiger partial charge in [0.2, 0.25) is 0 Å². The third-order valence-corrected chi connectivity index (χ3v) is 4.57. The van der Waals surface area contributed by atoms with Crippen molar-refractivity contribution >= 4 is 24.2 Å². The summed E-state index contributed by atoms with van der Waals surface area (Å²) in [7, 11) is 1.53. The Morgan fingerprint density at radius 3 is 2.71 bits per heavy atom. The molecule has 158 valence electrons. The van der Waals surface area contributed by atoms with Crippen LogP contribution in [0.15, 0.2) is 34.9 Å². The Balaban J connectivity index is 0.00000392. The van der Waals surface area contributed by atoms with Gasteiger partial charge in [0.05, 0.1) is 12.3 Å². The molecular weight excluding hydrogens is 380 g/mol. The van der Waals surface area contributed by atoms with Gasteiger partial charge in [-0.15, -0.1) is 12.4 Å². The Bertz CT molecular complexity index is 670. The molecule has 4 N–H and O–H groups in total. The van der Waals surface area contributed by atoms with E-state index in [4.69, 9.17) is 10.5 Å². The molecule has 0 bridgehead atoms. The molecule has 1 heterocycles. The lowest BCUT2D eigenvalue weighted by molar-refractivity contribution is -0.119. The average molecular weight is 413 g/mol. The number of hydrogen-bond donors (Lipinski definition) is 3. The van der Waals surface area contributed by atoms with Crippen LogP contribution in [0.3, 0.4) is 0 Å². The number of unbranched alkanes of at least 4 members (excludes halogenated alkanes) is 1. The predicted octanol–water partition coefficient (Wildman–Crippen LogP) is 2.45. The molecule has 7 nitrogen and oxygen atoms in total. The van der Waals surface area contributed by atoms with Gasteiger partial charge in [-0.2, -0.15) is 0 Å². The fourth-order valence-electron chi connectivity index (χ4n) is 3.23. The molecule has 2 rings (SSSR count). The van der Waals surface area contributed by atoms with Crippen molar-refractivity contribution in [1.29, 1.82) is 0 Å². The fourth-order valence-corrected chi connectivity index (χ4v) is 3.23. The second kappa shape index (κ2) is 11.1. The summed E-state index contributed by atoms with van der Waals surface area (Å²) in [5.41, 5.74) is 8.77. The Hall–Kier alpha value is -1.99. The maximum absolute atomic E-state index is 12.5. The van der Waals surface area contributed by atoms with E-state index in [9.17, 15) is 9.59 Å². The zero-order valence-electron chi connectivity index (χ0n) is 17.2. The molecule has 1 aliphatic heterocycles. The van der Waals surface area contributed by atoms with Crippen molar-refractivity contribution in [3.05, 3.63) is 34.9 Å². The standard InChI is InChI=1S/C20H32N4O3.ClH/c1-5-6-7-27-19-15-9-16(23-20(26)22-4)18(25)8-14(15)12-24(11-13(2)3)17(19)10-21;/h9,12-13,16H,5-8,10-11,21H2,1-4H3,(H2,22,23,26);1H. The van der Waals surface area contributed by atoms with Crippen LogP contribution in [-0.4, -0.2) is 49.5 Å². The number of nitrogens with zero attached hydrogens (tertiary/aromatic N) is 1. The van der Waals surface area contributed by atoms with Crippen molar-refractivity contribution in [2.24, 2.45) is 11.7 Å². The van der Waals surface area contributed by atoms with E-state index in [1.165, 1.54) is 7.05 Å². The highest BCUT2D eigenvalue weighted by atomic mass is 35.5. The highest BCUT2D eigenvalue weighted by molar-refractivity contribution is 5.94. The van der Waals surface area contributed by atoms with Gasteiger partial charge in [-0.1, -0.05) is 27.2 Å². The predicted molar refractivity (Wildman–Crippen MR) is 113 cm³/mol. The van der Waals surface area contributed by atoms with E-state index in [0.29, 0.717) is 19.1 Å². The van der Waals surface area contributed by atoms with Crippen molar-refractivity contribution < 1.29 is 14.3 Å². The molecule has 1 atom stereocenters. The molecule has 28 heavy (non-hydrogen) atoms. The molecule has 0 aromatic carbocycles. The minimum Gasteiger partial charge on any atom is -0.491 e. The second-order valence-corrected chi connectivity index (χ2v) is 7.31. The zero-order chi connectivity index (χ0) is 20.0. The number of carbonyl (C=O) groups is 2. The molecule has 1 aliphatic carbocycles. The molecule has 1 unspecified atom stereocenters. The summed E-state index contributed by atoms with van der Waals surface area (Å²) in [6.07, 6.45) is 6.03. The largest absolute Gasteiger partial charge is 0.491 e. The van der Waals surface area contributed by atoms with Crippen molar-refractivity contribution in [1.82, 2.24) is 15.5 Å². The number of nitrogens with two attached hydrogens (primary N) is 1. The van der Waals surface area contributed by atoms with E-state index in [0.717, 1.165) is 42.0 Å². The van der Waals surface area contributed by atoms with Crippen LogP contribution in [-0.2, 0) is 9.53 Å². The van der Waals surface area contributed by atoms with Crippen LogP contribution < -0.4 is 16.4 Å². The van der Waals surface area contributed by atoms with E-state index in [2.05, 4.69) is 36.3 Å². The Morgan fingerprint density at radius 1 is 1.43 bits per heavy atom. The van der Waals surface area contributed by atoms with Gasteiger partial charge in [-0.3, -0.25) is 4.79 Å². The summed E-state index contributed by atoms with van der Waals surface area (Å²) in [5, 5.41) is 5.18. The molecule has 0 fully saturated rings. The van der Waals surface area contributed by atoms with Gasteiger partial charge in [-0.25, -0.2) is 4.79 Å². The van der Waals surface area contributed by atoms with Crippen LogP contribution in [0.5, 0.6) is 0 Å². The topological polar surface area (TPSA) is 96.7 Å².